The van der Waals surface area contributed by atoms with Gasteiger partial charge in [-0.25, -0.2) is 0 Å². The van der Waals surface area contributed by atoms with E-state index < -0.39 is 8.07 Å². The zero-order chi connectivity index (χ0) is 39.0. The SMILES string of the molecule is CC(C)(C)c1cc(-c2cccc3[cH-]c([Si](C)(c4cc5c(-c6cc(C(C)(C)C)cc(C(C)(C)C)c6)cccc5[cH-]4)C4CCCCC4)cc23)cc(C(C)(C)C)c1.[CH3-].[CH3-].[Hf+4]. The third-order valence-electron chi connectivity index (χ3n) is 13.1. The molecule has 0 radical (unpaired) electrons. The topological polar surface area (TPSA) is 0 Å². The standard InChI is InChI=1S/C53H66Si.2CH3.Hf/c1-50(2,3)39-25-37(26-40(31-39)51(4,5)6)46-23-17-19-35-29-44(33-48(35)46)54(13,43-21-15-14-16-22-43)45-30-36-20-18-24-47(49(36)34-45)38-27-41(52(7,8)9)32-42(28-38)53(10,11)12;;;/h17-20,23-34,43H,14-16,21-22H2,1-13H3;2*1H3;/q-2;2*-1;+4. The van der Waals surface area contributed by atoms with Gasteiger partial charge in [-0.05, 0) is 60.6 Å². The quantitative estimate of drug-likeness (QED) is 0.119. The molecule has 0 aliphatic heterocycles. The van der Waals surface area contributed by atoms with E-state index >= 15 is 0 Å². The van der Waals surface area contributed by atoms with Crippen LogP contribution >= 0.6 is 0 Å². The maximum Gasteiger partial charge on any atom is 4.00 e. The predicted molar refractivity (Wildman–Crippen MR) is 255 cm³/mol. The first-order valence-electron chi connectivity index (χ1n) is 20.9. The Morgan fingerprint density at radius 2 is 0.807 bits per heavy atom. The Labute approximate surface area is 368 Å². The van der Waals surface area contributed by atoms with Gasteiger partial charge in [0.2, 0.25) is 0 Å². The van der Waals surface area contributed by atoms with Gasteiger partial charge in [0.15, 0.2) is 0 Å². The van der Waals surface area contributed by atoms with E-state index in [0.29, 0.717) is 0 Å². The monoisotopic (exact) mass is 940 g/mol. The second-order valence-electron chi connectivity index (χ2n) is 21.2. The summed E-state index contributed by atoms with van der Waals surface area (Å²) >= 11 is 0. The molecule has 0 nitrogen and oxygen atoms in total. The summed E-state index contributed by atoms with van der Waals surface area (Å²) < 4.78 is 0. The molecular formula is C55H72HfSi. The molecule has 6 aromatic rings. The van der Waals surface area contributed by atoms with E-state index in [4.69, 9.17) is 0 Å². The van der Waals surface area contributed by atoms with Crippen LogP contribution in [0.25, 0.3) is 43.8 Å². The van der Waals surface area contributed by atoms with Crippen LogP contribution in [0.1, 0.15) is 137 Å². The fraction of sp³-hybridized carbons (Fsp3) is 0.418. The molecule has 300 valence electrons. The Morgan fingerprint density at radius 1 is 0.474 bits per heavy atom. The van der Waals surface area contributed by atoms with Crippen LogP contribution in [-0.2, 0) is 47.5 Å². The fourth-order valence-electron chi connectivity index (χ4n) is 9.19. The molecule has 0 amide bonds. The van der Waals surface area contributed by atoms with Gasteiger partial charge in [0.25, 0.3) is 0 Å². The number of hydrogen-bond donors (Lipinski definition) is 0. The fourth-order valence-corrected chi connectivity index (χ4v) is 13.8. The van der Waals surface area contributed by atoms with Crippen molar-refractivity contribution in [2.75, 3.05) is 0 Å². The van der Waals surface area contributed by atoms with Crippen molar-refractivity contribution in [1.29, 1.82) is 0 Å². The van der Waals surface area contributed by atoms with Crippen LogP contribution < -0.4 is 10.4 Å². The minimum Gasteiger partial charge on any atom is -0.358 e. The summed E-state index contributed by atoms with van der Waals surface area (Å²) in [7, 11) is -2.18. The minimum atomic E-state index is -2.18. The van der Waals surface area contributed by atoms with Gasteiger partial charge in [-0.15, -0.1) is 68.3 Å². The maximum atomic E-state index is 2.72. The van der Waals surface area contributed by atoms with Crippen molar-refractivity contribution in [3.63, 3.8) is 0 Å². The minimum absolute atomic E-state index is 0. The Morgan fingerprint density at radius 3 is 1.12 bits per heavy atom. The van der Waals surface area contributed by atoms with Crippen molar-refractivity contribution in [2.24, 2.45) is 0 Å². The van der Waals surface area contributed by atoms with Gasteiger partial charge in [0.1, 0.15) is 0 Å². The molecule has 0 saturated heterocycles. The second-order valence-corrected chi connectivity index (χ2v) is 25.6. The number of hydrogen-bond acceptors (Lipinski definition) is 0. The van der Waals surface area contributed by atoms with Crippen LogP contribution in [0.5, 0.6) is 0 Å². The first-order valence-corrected chi connectivity index (χ1v) is 23.4. The van der Waals surface area contributed by atoms with Crippen LogP contribution in [-0.4, -0.2) is 8.07 Å². The van der Waals surface area contributed by atoms with Gasteiger partial charge in [0.05, 0.1) is 8.07 Å². The maximum absolute atomic E-state index is 2.72. The number of fused-ring (bicyclic) bond motifs is 2. The largest absolute Gasteiger partial charge is 4.00 e. The summed E-state index contributed by atoms with van der Waals surface area (Å²) in [6.45, 7) is 30.9. The molecular weight excluding hydrogens is 867 g/mol. The van der Waals surface area contributed by atoms with E-state index in [-0.39, 0.29) is 62.4 Å². The van der Waals surface area contributed by atoms with Gasteiger partial charge < -0.3 is 14.9 Å². The first kappa shape index (κ1) is 46.9. The van der Waals surface area contributed by atoms with Gasteiger partial charge in [-0.3, -0.25) is 0 Å². The molecule has 0 spiro atoms. The van der Waals surface area contributed by atoms with E-state index in [1.807, 2.05) is 0 Å². The smallest absolute Gasteiger partial charge is 0.358 e. The number of benzene rings is 4. The average Bonchev–Trinajstić information content (AvgIpc) is 3.75. The molecule has 0 bridgehead atoms. The van der Waals surface area contributed by atoms with E-state index in [2.05, 4.69) is 187 Å². The molecule has 0 atom stereocenters. The molecule has 0 unspecified atom stereocenters. The average molecular weight is 940 g/mol. The first-order chi connectivity index (χ1) is 25.1. The molecule has 0 N–H and O–H groups in total. The molecule has 0 heterocycles. The molecule has 1 aliphatic carbocycles. The van der Waals surface area contributed by atoms with Crippen molar-refractivity contribution >= 4 is 40.0 Å². The van der Waals surface area contributed by atoms with E-state index in [1.54, 1.807) is 10.4 Å². The molecule has 6 aromatic carbocycles. The summed E-state index contributed by atoms with van der Waals surface area (Å²) in [5.41, 5.74) is 12.2. The Kier molecular flexibility index (Phi) is 13.7. The van der Waals surface area contributed by atoms with Gasteiger partial charge in [0, 0.05) is 0 Å². The molecule has 7 rings (SSSR count). The van der Waals surface area contributed by atoms with Crippen LogP contribution in [0.15, 0.2) is 97.1 Å². The Bertz CT molecular complexity index is 2090. The molecule has 1 aliphatic rings. The van der Waals surface area contributed by atoms with Gasteiger partial charge >= 0.3 is 25.8 Å². The summed E-state index contributed by atoms with van der Waals surface area (Å²) in [6.07, 6.45) is 6.78. The van der Waals surface area contributed by atoms with Crippen LogP contribution in [0.2, 0.25) is 12.1 Å². The molecule has 57 heavy (non-hydrogen) atoms. The summed E-state index contributed by atoms with van der Waals surface area (Å²) in [4.78, 5) is 0. The van der Waals surface area contributed by atoms with E-state index in [0.717, 1.165) is 5.54 Å². The van der Waals surface area contributed by atoms with Gasteiger partial charge in [-0.1, -0.05) is 181 Å². The third-order valence-corrected chi connectivity index (χ3v) is 18.3. The normalized spacial score (nSPS) is 14.6. The summed E-state index contributed by atoms with van der Waals surface area (Å²) in [5.74, 6) is 0. The predicted octanol–water partition coefficient (Wildman–Crippen LogP) is 15.4. The zero-order valence-electron chi connectivity index (χ0n) is 38.4. The Hall–Kier alpha value is -2.81. The Balaban J connectivity index is 0.00000240. The van der Waals surface area contributed by atoms with E-state index in [1.165, 1.54) is 98.2 Å². The van der Waals surface area contributed by atoms with E-state index in [9.17, 15) is 0 Å². The van der Waals surface area contributed by atoms with Gasteiger partial charge in [-0.2, -0.15) is 12.1 Å². The zero-order valence-corrected chi connectivity index (χ0v) is 42.9. The van der Waals surface area contributed by atoms with Crippen molar-refractivity contribution in [2.45, 2.75) is 149 Å². The number of rotatable bonds is 5. The van der Waals surface area contributed by atoms with Crippen LogP contribution in [0.4, 0.5) is 0 Å². The van der Waals surface area contributed by atoms with Crippen LogP contribution in [0.3, 0.4) is 0 Å². The molecule has 1 saturated carbocycles. The molecule has 0 aromatic heterocycles. The van der Waals surface area contributed by atoms with Crippen molar-refractivity contribution in [3.05, 3.63) is 134 Å². The summed E-state index contributed by atoms with van der Waals surface area (Å²) in [6, 6.07) is 39.4. The van der Waals surface area contributed by atoms with Crippen molar-refractivity contribution in [1.82, 2.24) is 0 Å². The molecule has 2 heteroatoms. The molecule has 1 fully saturated rings. The third kappa shape index (κ3) is 9.18. The summed E-state index contributed by atoms with van der Waals surface area (Å²) in [5, 5.41) is 8.84. The van der Waals surface area contributed by atoms with Crippen molar-refractivity contribution < 1.29 is 25.8 Å². The van der Waals surface area contributed by atoms with Crippen molar-refractivity contribution in [3.8, 4) is 22.3 Å². The second kappa shape index (κ2) is 16.7. The van der Waals surface area contributed by atoms with Crippen LogP contribution in [0, 0.1) is 14.9 Å².